The van der Waals surface area contributed by atoms with Crippen LogP contribution in [0, 0.1) is 11.3 Å². The molecular weight excluding hydrogens is 248 g/mol. The van der Waals surface area contributed by atoms with Crippen LogP contribution in [0.1, 0.15) is 5.56 Å². The molecule has 0 atom stereocenters. The van der Waals surface area contributed by atoms with E-state index in [1.165, 1.54) is 0 Å². The molecular formula is C16H12N4. The summed E-state index contributed by atoms with van der Waals surface area (Å²) in [4.78, 5) is 4.51. The topological polar surface area (TPSA) is 74.7 Å². The summed E-state index contributed by atoms with van der Waals surface area (Å²) in [7, 11) is 0. The molecule has 0 aliphatic carbocycles. The van der Waals surface area contributed by atoms with Gasteiger partial charge in [-0.2, -0.15) is 5.26 Å². The SMILES string of the molecule is N#Cc1cc(Nc2cccc(N)c2)nc2ccccc12. The Morgan fingerprint density at radius 2 is 1.90 bits per heavy atom. The van der Waals surface area contributed by atoms with E-state index < -0.39 is 0 Å². The van der Waals surface area contributed by atoms with Crippen LogP contribution in [-0.4, -0.2) is 4.98 Å². The van der Waals surface area contributed by atoms with Crippen molar-refractivity contribution in [2.24, 2.45) is 0 Å². The first-order valence-electron chi connectivity index (χ1n) is 6.19. The molecule has 3 N–H and O–H groups in total. The maximum atomic E-state index is 9.24. The van der Waals surface area contributed by atoms with E-state index in [1.807, 2.05) is 48.5 Å². The lowest BCUT2D eigenvalue weighted by Gasteiger charge is -2.08. The van der Waals surface area contributed by atoms with Crippen LogP contribution < -0.4 is 11.1 Å². The number of nitriles is 1. The van der Waals surface area contributed by atoms with Gasteiger partial charge in [0.25, 0.3) is 0 Å². The Labute approximate surface area is 116 Å². The van der Waals surface area contributed by atoms with E-state index in [0.717, 1.165) is 16.6 Å². The molecule has 0 saturated heterocycles. The normalized spacial score (nSPS) is 10.2. The molecule has 0 aliphatic heterocycles. The number of fused-ring (bicyclic) bond motifs is 1. The van der Waals surface area contributed by atoms with Crippen LogP contribution in [0.3, 0.4) is 0 Å². The van der Waals surface area contributed by atoms with Crippen molar-refractivity contribution in [2.45, 2.75) is 0 Å². The Morgan fingerprint density at radius 3 is 2.70 bits per heavy atom. The van der Waals surface area contributed by atoms with E-state index in [4.69, 9.17) is 5.73 Å². The Hall–Kier alpha value is -3.06. The zero-order chi connectivity index (χ0) is 13.9. The zero-order valence-corrected chi connectivity index (χ0v) is 10.7. The Balaban J connectivity index is 2.06. The molecule has 4 heteroatoms. The fourth-order valence-corrected chi connectivity index (χ4v) is 2.10. The van der Waals surface area contributed by atoms with Crippen LogP contribution in [-0.2, 0) is 0 Å². The number of aromatic nitrogens is 1. The fourth-order valence-electron chi connectivity index (χ4n) is 2.10. The van der Waals surface area contributed by atoms with Crippen LogP contribution in [0.5, 0.6) is 0 Å². The first-order chi connectivity index (χ1) is 9.76. The van der Waals surface area contributed by atoms with Crippen molar-refractivity contribution < 1.29 is 0 Å². The molecule has 4 nitrogen and oxygen atoms in total. The van der Waals surface area contributed by atoms with Crippen molar-refractivity contribution in [3.05, 3.63) is 60.2 Å². The summed E-state index contributed by atoms with van der Waals surface area (Å²) < 4.78 is 0. The molecule has 0 spiro atoms. The number of para-hydroxylation sites is 1. The van der Waals surface area contributed by atoms with Gasteiger partial charge in [-0.05, 0) is 30.3 Å². The van der Waals surface area contributed by atoms with Gasteiger partial charge in [-0.1, -0.05) is 24.3 Å². The molecule has 0 unspecified atom stereocenters. The fraction of sp³-hybridized carbons (Fsp3) is 0. The predicted octanol–water partition coefficient (Wildman–Crippen LogP) is 3.43. The third-order valence-corrected chi connectivity index (χ3v) is 3.00. The summed E-state index contributed by atoms with van der Waals surface area (Å²) in [6.07, 6.45) is 0. The maximum absolute atomic E-state index is 9.24. The standard InChI is InChI=1S/C16H12N4/c17-10-11-8-16(19-13-5-3-4-12(18)9-13)20-15-7-2-1-6-14(11)15/h1-9H,18H2,(H,19,20). The molecule has 0 bridgehead atoms. The van der Waals surface area contributed by atoms with E-state index in [9.17, 15) is 5.26 Å². The highest BCUT2D eigenvalue weighted by Gasteiger charge is 2.05. The van der Waals surface area contributed by atoms with Crippen molar-refractivity contribution in [1.82, 2.24) is 4.98 Å². The van der Waals surface area contributed by atoms with Crippen LogP contribution in [0.2, 0.25) is 0 Å². The molecule has 3 rings (SSSR count). The monoisotopic (exact) mass is 260 g/mol. The van der Waals surface area contributed by atoms with Crippen molar-refractivity contribution in [2.75, 3.05) is 11.1 Å². The zero-order valence-electron chi connectivity index (χ0n) is 10.7. The summed E-state index contributed by atoms with van der Waals surface area (Å²) in [5, 5.41) is 13.3. The molecule has 0 radical (unpaired) electrons. The largest absolute Gasteiger partial charge is 0.399 e. The molecule has 1 heterocycles. The van der Waals surface area contributed by atoms with Gasteiger partial charge < -0.3 is 11.1 Å². The average molecular weight is 260 g/mol. The second-order valence-corrected chi connectivity index (χ2v) is 4.43. The Kier molecular flexibility index (Phi) is 2.94. The first kappa shape index (κ1) is 12.0. The molecule has 0 amide bonds. The third-order valence-electron chi connectivity index (χ3n) is 3.00. The summed E-state index contributed by atoms with van der Waals surface area (Å²) in [5.74, 6) is 0.630. The minimum atomic E-state index is 0.599. The van der Waals surface area contributed by atoms with Gasteiger partial charge in [0.2, 0.25) is 0 Å². The van der Waals surface area contributed by atoms with Gasteiger partial charge in [0.05, 0.1) is 17.1 Å². The highest BCUT2D eigenvalue weighted by Crippen LogP contribution is 2.23. The second-order valence-electron chi connectivity index (χ2n) is 4.43. The van der Waals surface area contributed by atoms with Gasteiger partial charge in [0.1, 0.15) is 5.82 Å². The lowest BCUT2D eigenvalue weighted by molar-refractivity contribution is 1.36. The first-order valence-corrected chi connectivity index (χ1v) is 6.19. The van der Waals surface area contributed by atoms with E-state index in [-0.39, 0.29) is 0 Å². The Bertz CT molecular complexity index is 818. The Morgan fingerprint density at radius 1 is 1.05 bits per heavy atom. The van der Waals surface area contributed by atoms with Gasteiger partial charge >= 0.3 is 0 Å². The maximum Gasteiger partial charge on any atom is 0.132 e. The smallest absolute Gasteiger partial charge is 0.132 e. The third kappa shape index (κ3) is 2.25. The molecule has 20 heavy (non-hydrogen) atoms. The predicted molar refractivity (Wildman–Crippen MR) is 80.6 cm³/mol. The van der Waals surface area contributed by atoms with E-state index in [2.05, 4.69) is 16.4 Å². The quantitative estimate of drug-likeness (QED) is 0.692. The second kappa shape index (κ2) is 4.90. The number of pyridine rings is 1. The number of nitrogens with two attached hydrogens (primary N) is 1. The number of hydrogen-bond acceptors (Lipinski definition) is 4. The number of anilines is 3. The van der Waals surface area contributed by atoms with Gasteiger partial charge in [-0.15, -0.1) is 0 Å². The molecule has 0 aliphatic rings. The highest BCUT2D eigenvalue weighted by atomic mass is 15.0. The summed E-state index contributed by atoms with van der Waals surface area (Å²) in [6, 6.07) is 18.9. The van der Waals surface area contributed by atoms with Gasteiger partial charge in [-0.3, -0.25) is 0 Å². The van der Waals surface area contributed by atoms with Crippen LogP contribution in [0.25, 0.3) is 10.9 Å². The number of nitrogens with zero attached hydrogens (tertiary/aromatic N) is 2. The van der Waals surface area contributed by atoms with Crippen molar-refractivity contribution in [3.8, 4) is 6.07 Å². The number of benzene rings is 2. The van der Waals surface area contributed by atoms with Crippen molar-refractivity contribution >= 4 is 28.1 Å². The lowest BCUT2D eigenvalue weighted by Crippen LogP contribution is -1.96. The number of hydrogen-bond donors (Lipinski definition) is 2. The molecule has 0 fully saturated rings. The minimum absolute atomic E-state index is 0.599. The van der Waals surface area contributed by atoms with Gasteiger partial charge in [0, 0.05) is 16.8 Å². The molecule has 2 aromatic carbocycles. The van der Waals surface area contributed by atoms with Crippen LogP contribution in [0.15, 0.2) is 54.6 Å². The molecule has 0 saturated carbocycles. The van der Waals surface area contributed by atoms with Crippen LogP contribution >= 0.6 is 0 Å². The van der Waals surface area contributed by atoms with E-state index >= 15 is 0 Å². The molecule has 3 aromatic rings. The number of nitrogen functional groups attached to an aromatic ring is 1. The van der Waals surface area contributed by atoms with Crippen LogP contribution in [0.4, 0.5) is 17.2 Å². The van der Waals surface area contributed by atoms with Gasteiger partial charge in [0.15, 0.2) is 0 Å². The number of rotatable bonds is 2. The average Bonchev–Trinajstić information content (AvgIpc) is 2.46. The van der Waals surface area contributed by atoms with Crippen molar-refractivity contribution in [3.63, 3.8) is 0 Å². The molecule has 1 aromatic heterocycles. The minimum Gasteiger partial charge on any atom is -0.399 e. The summed E-state index contributed by atoms with van der Waals surface area (Å²) in [6.45, 7) is 0. The summed E-state index contributed by atoms with van der Waals surface area (Å²) in [5.41, 5.74) is 8.66. The number of nitrogens with one attached hydrogen (secondary N) is 1. The lowest BCUT2D eigenvalue weighted by atomic mass is 10.1. The molecule has 96 valence electrons. The van der Waals surface area contributed by atoms with E-state index in [0.29, 0.717) is 17.1 Å². The van der Waals surface area contributed by atoms with Crippen molar-refractivity contribution in [1.29, 1.82) is 5.26 Å². The van der Waals surface area contributed by atoms with Gasteiger partial charge in [-0.25, -0.2) is 4.98 Å². The van der Waals surface area contributed by atoms with E-state index in [1.54, 1.807) is 6.07 Å². The summed E-state index contributed by atoms with van der Waals surface area (Å²) >= 11 is 0. The highest BCUT2D eigenvalue weighted by molar-refractivity contribution is 5.86.